The molecule has 0 saturated heterocycles. The third-order valence-corrected chi connectivity index (χ3v) is 10.1. The van der Waals surface area contributed by atoms with Gasteiger partial charge < -0.3 is 14.8 Å². The Kier molecular flexibility index (Phi) is 7.74. The van der Waals surface area contributed by atoms with E-state index < -0.39 is 5.54 Å². The minimum Gasteiger partial charge on any atom is -0.351 e. The van der Waals surface area contributed by atoms with E-state index in [0.29, 0.717) is 23.8 Å². The van der Waals surface area contributed by atoms with Gasteiger partial charge >= 0.3 is 0 Å². The molecule has 2 aromatic carbocycles. The van der Waals surface area contributed by atoms with Gasteiger partial charge in [0.25, 0.3) is 11.8 Å². The average molecular weight is 574 g/mol. The Morgan fingerprint density at radius 3 is 2.40 bits per heavy atom. The van der Waals surface area contributed by atoms with Crippen LogP contribution in [0.3, 0.4) is 0 Å². The number of halogens is 1. The number of nitrogens with one attached hydrogen (secondary N) is 1. The predicted octanol–water partition coefficient (Wildman–Crippen LogP) is 7.70. The summed E-state index contributed by atoms with van der Waals surface area (Å²) in [7, 11) is 0. The van der Waals surface area contributed by atoms with Gasteiger partial charge in [0.1, 0.15) is 5.69 Å². The van der Waals surface area contributed by atoms with Gasteiger partial charge in [0, 0.05) is 22.5 Å². The molecule has 1 fully saturated rings. The van der Waals surface area contributed by atoms with E-state index in [1.54, 1.807) is 11.3 Å². The van der Waals surface area contributed by atoms with Gasteiger partial charge in [-0.1, -0.05) is 93.1 Å². The largest absolute Gasteiger partial charge is 0.351 e. The van der Waals surface area contributed by atoms with Crippen molar-refractivity contribution in [3.05, 3.63) is 93.5 Å². The molecule has 5 nitrogen and oxygen atoms in total. The molecule has 0 bridgehead atoms. The van der Waals surface area contributed by atoms with E-state index in [1.807, 2.05) is 65.6 Å². The molecule has 0 spiro atoms. The molecule has 1 aliphatic carbocycles. The van der Waals surface area contributed by atoms with Crippen molar-refractivity contribution in [1.29, 1.82) is 0 Å². The fraction of sp³-hybridized carbons (Fsp3) is 0.394. The van der Waals surface area contributed by atoms with Crippen molar-refractivity contribution >= 4 is 45.0 Å². The zero-order valence-electron chi connectivity index (χ0n) is 23.0. The zero-order chi connectivity index (χ0) is 27.7. The van der Waals surface area contributed by atoms with Gasteiger partial charge in [-0.3, -0.25) is 9.59 Å². The molecule has 0 unspecified atom stereocenters. The van der Waals surface area contributed by atoms with Crippen molar-refractivity contribution in [2.75, 3.05) is 0 Å². The maximum absolute atomic E-state index is 14.8. The number of hydrogen-bond donors (Lipinski definition) is 1. The van der Waals surface area contributed by atoms with Crippen molar-refractivity contribution in [2.24, 2.45) is 0 Å². The molecule has 4 aromatic rings. The molecule has 1 saturated carbocycles. The smallest absolute Gasteiger partial charge is 0.272 e. The summed E-state index contributed by atoms with van der Waals surface area (Å²) in [6, 6.07) is 21.8. The van der Waals surface area contributed by atoms with E-state index in [1.165, 1.54) is 24.1 Å². The summed E-state index contributed by atoms with van der Waals surface area (Å²) >= 11 is 7.93. The van der Waals surface area contributed by atoms with Gasteiger partial charge in [0.05, 0.1) is 16.8 Å². The lowest BCUT2D eigenvalue weighted by molar-refractivity contribution is -0.136. The summed E-state index contributed by atoms with van der Waals surface area (Å²) in [4.78, 5) is 32.4. The second-order valence-electron chi connectivity index (χ2n) is 11.2. The SMILES string of the molecule is CCc1cc2c(cc3n2C[C@@](C(=O)NC2CCCCCCC2)(c2ccccc2)N(Cc2ccc(Cl)cc2)C3=O)s1. The van der Waals surface area contributed by atoms with Crippen LogP contribution in [0.1, 0.15) is 78.4 Å². The Balaban J connectivity index is 1.50. The third kappa shape index (κ3) is 4.97. The van der Waals surface area contributed by atoms with Crippen LogP contribution in [-0.2, 0) is 29.8 Å². The van der Waals surface area contributed by atoms with Crippen molar-refractivity contribution in [3.63, 3.8) is 0 Å². The minimum atomic E-state index is -1.20. The lowest BCUT2D eigenvalue weighted by Crippen LogP contribution is -2.64. The monoisotopic (exact) mass is 573 g/mol. The number of carbonyl (C=O) groups excluding carboxylic acids is 2. The summed E-state index contributed by atoms with van der Waals surface area (Å²) in [5.41, 5.74) is 2.25. The first-order valence-corrected chi connectivity index (χ1v) is 15.7. The topological polar surface area (TPSA) is 54.3 Å². The molecular weight excluding hydrogens is 538 g/mol. The molecule has 1 atom stereocenters. The highest BCUT2D eigenvalue weighted by molar-refractivity contribution is 7.19. The summed E-state index contributed by atoms with van der Waals surface area (Å²) in [5, 5.41) is 4.11. The number of nitrogens with zero attached hydrogens (tertiary/aromatic N) is 2. The standard InChI is InChI=1S/C33H36ClN3O2S/c1-2-27-19-28-30(40-27)20-29-31(38)37(21-23-15-17-25(34)18-16-23)33(22-36(28)29,24-11-7-6-8-12-24)32(39)35-26-13-9-4-3-5-10-14-26/h6-8,11-12,15-20,26H,2-5,9-10,13-14,21-22H2,1H3,(H,35,39)/t33-/m0/s1. The molecular formula is C33H36ClN3O2S. The quantitative estimate of drug-likeness (QED) is 0.257. The number of hydrogen-bond acceptors (Lipinski definition) is 3. The number of thiophene rings is 1. The number of aromatic nitrogens is 1. The normalized spacial score (nSPS) is 20.2. The maximum Gasteiger partial charge on any atom is 0.272 e. The molecule has 6 rings (SSSR count). The molecule has 208 valence electrons. The fourth-order valence-electron chi connectivity index (χ4n) is 6.41. The van der Waals surface area contributed by atoms with Crippen molar-refractivity contribution in [2.45, 2.75) is 83.0 Å². The number of carbonyl (C=O) groups is 2. The predicted molar refractivity (Wildman–Crippen MR) is 163 cm³/mol. The summed E-state index contributed by atoms with van der Waals surface area (Å²) in [6.07, 6.45) is 8.82. The Morgan fingerprint density at radius 1 is 1.00 bits per heavy atom. The molecule has 2 aromatic heterocycles. The van der Waals surface area contributed by atoms with E-state index in [4.69, 9.17) is 11.6 Å². The number of benzene rings is 2. The molecule has 1 aliphatic heterocycles. The van der Waals surface area contributed by atoms with E-state index in [2.05, 4.69) is 22.9 Å². The van der Waals surface area contributed by atoms with Crippen molar-refractivity contribution in [3.8, 4) is 0 Å². The van der Waals surface area contributed by atoms with Gasteiger partial charge in [0.15, 0.2) is 5.54 Å². The highest BCUT2D eigenvalue weighted by atomic mass is 35.5. The summed E-state index contributed by atoms with van der Waals surface area (Å²) in [5.74, 6) is -0.218. The second-order valence-corrected chi connectivity index (χ2v) is 12.8. The number of amides is 2. The lowest BCUT2D eigenvalue weighted by atomic mass is 9.83. The van der Waals surface area contributed by atoms with Crippen LogP contribution in [-0.4, -0.2) is 27.3 Å². The zero-order valence-corrected chi connectivity index (χ0v) is 24.6. The Labute approximate surface area is 245 Å². The Hall–Kier alpha value is -3.09. The minimum absolute atomic E-state index is 0.0926. The Bertz CT molecular complexity index is 1500. The summed E-state index contributed by atoms with van der Waals surface area (Å²) < 4.78 is 3.19. The summed E-state index contributed by atoms with van der Waals surface area (Å²) in [6.45, 7) is 2.83. The number of rotatable bonds is 6. The first kappa shape index (κ1) is 27.1. The van der Waals surface area contributed by atoms with Crippen LogP contribution in [0.15, 0.2) is 66.7 Å². The van der Waals surface area contributed by atoms with Crippen LogP contribution in [0.2, 0.25) is 5.02 Å². The van der Waals surface area contributed by atoms with Crippen LogP contribution < -0.4 is 5.32 Å². The second kappa shape index (κ2) is 11.4. The molecule has 0 radical (unpaired) electrons. The van der Waals surface area contributed by atoms with Crippen LogP contribution in [0, 0.1) is 0 Å². The number of fused-ring (bicyclic) bond motifs is 3. The van der Waals surface area contributed by atoms with Crippen molar-refractivity contribution in [1.82, 2.24) is 14.8 Å². The first-order valence-electron chi connectivity index (χ1n) is 14.5. The first-order chi connectivity index (χ1) is 19.5. The van der Waals surface area contributed by atoms with Crippen LogP contribution in [0.5, 0.6) is 0 Å². The molecule has 2 amide bonds. The van der Waals surface area contributed by atoms with E-state index in [0.717, 1.165) is 53.4 Å². The van der Waals surface area contributed by atoms with Gasteiger partial charge in [-0.15, -0.1) is 11.3 Å². The molecule has 2 aliphatic rings. The van der Waals surface area contributed by atoms with E-state index in [9.17, 15) is 9.59 Å². The van der Waals surface area contributed by atoms with Gasteiger partial charge in [0.2, 0.25) is 0 Å². The molecule has 1 N–H and O–H groups in total. The van der Waals surface area contributed by atoms with Gasteiger partial charge in [-0.05, 0) is 54.7 Å². The van der Waals surface area contributed by atoms with Crippen molar-refractivity contribution < 1.29 is 9.59 Å². The van der Waals surface area contributed by atoms with Gasteiger partial charge in [-0.2, -0.15) is 0 Å². The maximum atomic E-state index is 14.8. The average Bonchev–Trinajstić information content (AvgIpc) is 3.51. The van der Waals surface area contributed by atoms with Gasteiger partial charge in [-0.25, -0.2) is 0 Å². The van der Waals surface area contributed by atoms with E-state index in [-0.39, 0.29) is 17.9 Å². The lowest BCUT2D eigenvalue weighted by Gasteiger charge is -2.47. The molecule has 7 heteroatoms. The Morgan fingerprint density at radius 2 is 1.70 bits per heavy atom. The highest BCUT2D eigenvalue weighted by Gasteiger charge is 2.53. The number of aryl methyl sites for hydroxylation is 1. The van der Waals surface area contributed by atoms with E-state index >= 15 is 0 Å². The van der Waals surface area contributed by atoms with Crippen LogP contribution in [0.25, 0.3) is 10.2 Å². The fourth-order valence-corrected chi connectivity index (χ4v) is 7.58. The molecule has 40 heavy (non-hydrogen) atoms. The highest BCUT2D eigenvalue weighted by Crippen LogP contribution is 2.42. The molecule has 3 heterocycles. The van der Waals surface area contributed by atoms with Crippen LogP contribution >= 0.6 is 22.9 Å². The third-order valence-electron chi connectivity index (χ3n) is 8.62. The van der Waals surface area contributed by atoms with Crippen LogP contribution in [0.4, 0.5) is 0 Å².